The summed E-state index contributed by atoms with van der Waals surface area (Å²) in [6.45, 7) is 0.630. The Kier molecular flexibility index (Phi) is 5.13. The van der Waals surface area contributed by atoms with Crippen LogP contribution >= 0.6 is 11.6 Å². The molecule has 3 aromatic rings. The molecule has 0 spiro atoms. The third-order valence-electron chi connectivity index (χ3n) is 5.09. The number of carbonyl (C=O) groups excluding carboxylic acids is 1. The first-order chi connectivity index (χ1) is 13.5. The van der Waals surface area contributed by atoms with Crippen molar-refractivity contribution in [1.82, 2.24) is 19.7 Å². The number of benzene rings is 1. The first-order valence-corrected chi connectivity index (χ1v) is 9.62. The van der Waals surface area contributed by atoms with Crippen LogP contribution in [0.2, 0.25) is 5.02 Å². The second-order valence-electron chi connectivity index (χ2n) is 6.98. The Hall–Kier alpha value is -2.73. The maximum Gasteiger partial charge on any atom is 0.254 e. The summed E-state index contributed by atoms with van der Waals surface area (Å²) >= 11 is 5.89. The molecule has 1 aromatic carbocycles. The number of halogens is 2. The number of carbonyl (C=O) groups is 1. The summed E-state index contributed by atoms with van der Waals surface area (Å²) in [5, 5.41) is 4.64. The van der Waals surface area contributed by atoms with Crippen molar-refractivity contribution in [2.75, 3.05) is 6.54 Å². The summed E-state index contributed by atoms with van der Waals surface area (Å²) in [7, 11) is 1.88. The monoisotopic (exact) mass is 398 g/mol. The lowest BCUT2D eigenvalue weighted by Crippen LogP contribution is -2.39. The Morgan fingerprint density at radius 3 is 2.75 bits per heavy atom. The predicted molar refractivity (Wildman–Crippen MR) is 105 cm³/mol. The molecule has 7 heteroatoms. The van der Waals surface area contributed by atoms with E-state index in [0.717, 1.165) is 36.1 Å². The number of aryl methyl sites for hydroxylation is 1. The van der Waals surface area contributed by atoms with Gasteiger partial charge in [-0.1, -0.05) is 11.6 Å². The molecule has 144 valence electrons. The summed E-state index contributed by atoms with van der Waals surface area (Å²) in [4.78, 5) is 19.1. The topological polar surface area (TPSA) is 51.0 Å². The Bertz CT molecular complexity index is 1000. The zero-order valence-electron chi connectivity index (χ0n) is 15.5. The number of hydrogen-bond donors (Lipinski definition) is 0. The quantitative estimate of drug-likeness (QED) is 0.645. The molecule has 1 atom stereocenters. The first-order valence-electron chi connectivity index (χ1n) is 9.24. The van der Waals surface area contributed by atoms with Crippen molar-refractivity contribution < 1.29 is 9.18 Å². The molecule has 5 nitrogen and oxygen atoms in total. The molecule has 1 aliphatic rings. The van der Waals surface area contributed by atoms with Crippen molar-refractivity contribution in [3.05, 3.63) is 71.0 Å². The smallest absolute Gasteiger partial charge is 0.254 e. The molecule has 0 saturated carbocycles. The summed E-state index contributed by atoms with van der Waals surface area (Å²) in [5.74, 6) is -0.684. The molecule has 1 saturated heterocycles. The van der Waals surface area contributed by atoms with Gasteiger partial charge in [-0.25, -0.2) is 4.39 Å². The molecule has 0 radical (unpaired) electrons. The molecule has 28 heavy (non-hydrogen) atoms. The third-order valence-corrected chi connectivity index (χ3v) is 5.38. The number of likely N-dealkylation sites (tertiary alicyclic amines) is 1. The van der Waals surface area contributed by atoms with Crippen LogP contribution in [0.4, 0.5) is 4.39 Å². The van der Waals surface area contributed by atoms with Crippen LogP contribution in [0.1, 0.15) is 41.4 Å². The molecule has 2 aromatic heterocycles. The van der Waals surface area contributed by atoms with Crippen molar-refractivity contribution in [2.45, 2.75) is 25.3 Å². The van der Waals surface area contributed by atoms with Gasteiger partial charge in [0.1, 0.15) is 5.82 Å². The van der Waals surface area contributed by atoms with Gasteiger partial charge < -0.3 is 4.90 Å². The van der Waals surface area contributed by atoms with Gasteiger partial charge >= 0.3 is 0 Å². The van der Waals surface area contributed by atoms with E-state index >= 15 is 0 Å². The van der Waals surface area contributed by atoms with E-state index in [-0.39, 0.29) is 17.0 Å². The molecule has 0 unspecified atom stereocenters. The fraction of sp³-hybridized carbons (Fsp3) is 0.286. The van der Waals surface area contributed by atoms with E-state index in [4.69, 9.17) is 11.6 Å². The van der Waals surface area contributed by atoms with Gasteiger partial charge in [0.25, 0.3) is 5.91 Å². The minimum Gasteiger partial charge on any atom is -0.330 e. The number of aromatic nitrogens is 3. The highest BCUT2D eigenvalue weighted by atomic mass is 35.5. The van der Waals surface area contributed by atoms with Crippen LogP contribution in [0.5, 0.6) is 0 Å². The second kappa shape index (κ2) is 7.72. The SMILES string of the molecule is Cn1cc(-c2ccncc2)c([C@H]2CCCCN2C(=O)c2ccc(F)c(Cl)c2)n1. The average molecular weight is 399 g/mol. The van der Waals surface area contributed by atoms with E-state index < -0.39 is 5.82 Å². The summed E-state index contributed by atoms with van der Waals surface area (Å²) in [5.41, 5.74) is 3.27. The minimum atomic E-state index is -0.530. The van der Waals surface area contributed by atoms with Crippen LogP contribution in [0.25, 0.3) is 11.1 Å². The largest absolute Gasteiger partial charge is 0.330 e. The van der Waals surface area contributed by atoms with Gasteiger partial charge in [0.2, 0.25) is 0 Å². The molecular weight excluding hydrogens is 379 g/mol. The molecule has 1 amide bonds. The van der Waals surface area contributed by atoms with Crippen LogP contribution in [0.15, 0.2) is 48.9 Å². The van der Waals surface area contributed by atoms with E-state index in [1.54, 1.807) is 17.1 Å². The minimum absolute atomic E-state index is 0.0466. The summed E-state index contributed by atoms with van der Waals surface area (Å²) in [6.07, 6.45) is 8.23. The van der Waals surface area contributed by atoms with E-state index in [2.05, 4.69) is 10.1 Å². The summed E-state index contributed by atoms with van der Waals surface area (Å²) < 4.78 is 15.3. The van der Waals surface area contributed by atoms with Crippen LogP contribution in [-0.4, -0.2) is 32.1 Å². The highest BCUT2D eigenvalue weighted by Gasteiger charge is 2.32. The number of nitrogens with zero attached hydrogens (tertiary/aromatic N) is 4. The lowest BCUT2D eigenvalue weighted by molar-refractivity contribution is 0.0606. The van der Waals surface area contributed by atoms with Crippen LogP contribution < -0.4 is 0 Å². The van der Waals surface area contributed by atoms with E-state index in [9.17, 15) is 9.18 Å². The molecule has 0 N–H and O–H groups in total. The van der Waals surface area contributed by atoms with E-state index in [0.29, 0.717) is 12.1 Å². The van der Waals surface area contributed by atoms with Gasteiger partial charge in [-0.2, -0.15) is 5.10 Å². The van der Waals surface area contributed by atoms with Gasteiger partial charge in [0.05, 0.1) is 16.8 Å². The zero-order chi connectivity index (χ0) is 19.7. The average Bonchev–Trinajstić information content (AvgIpc) is 3.12. The third kappa shape index (κ3) is 3.52. The van der Waals surface area contributed by atoms with Gasteiger partial charge in [0.15, 0.2) is 0 Å². The fourth-order valence-corrected chi connectivity index (χ4v) is 3.94. The van der Waals surface area contributed by atoms with Crippen molar-refractivity contribution >= 4 is 17.5 Å². The lowest BCUT2D eigenvalue weighted by Gasteiger charge is -2.35. The van der Waals surface area contributed by atoms with Crippen molar-refractivity contribution in [3.8, 4) is 11.1 Å². The van der Waals surface area contributed by atoms with Crippen molar-refractivity contribution in [2.24, 2.45) is 7.05 Å². The molecule has 4 rings (SSSR count). The normalized spacial score (nSPS) is 17.0. The Morgan fingerprint density at radius 2 is 2.00 bits per heavy atom. The molecule has 0 bridgehead atoms. The van der Waals surface area contributed by atoms with Gasteiger partial charge in [-0.05, 0) is 55.2 Å². The standard InChI is InChI=1S/C21H20ClFN4O/c1-26-13-16(14-7-9-24-10-8-14)20(25-26)19-4-2-3-11-27(19)21(28)15-5-6-18(23)17(22)12-15/h5-10,12-13,19H,2-4,11H2,1H3/t19-/m1/s1. The van der Waals surface area contributed by atoms with Gasteiger partial charge in [0, 0.05) is 43.3 Å². The molecule has 3 heterocycles. The maximum atomic E-state index is 13.5. The predicted octanol–water partition coefficient (Wildman–Crippen LogP) is 4.64. The lowest BCUT2D eigenvalue weighted by atomic mass is 9.94. The van der Waals surface area contributed by atoms with Gasteiger partial charge in [-0.15, -0.1) is 0 Å². The van der Waals surface area contributed by atoms with Crippen molar-refractivity contribution in [3.63, 3.8) is 0 Å². The van der Waals surface area contributed by atoms with Crippen LogP contribution in [-0.2, 0) is 7.05 Å². The maximum absolute atomic E-state index is 13.5. The number of rotatable bonds is 3. The number of piperidine rings is 1. The van der Waals surface area contributed by atoms with Gasteiger partial charge in [-0.3, -0.25) is 14.5 Å². The Labute approximate surface area is 167 Å². The van der Waals surface area contributed by atoms with Crippen LogP contribution in [0.3, 0.4) is 0 Å². The van der Waals surface area contributed by atoms with Crippen LogP contribution in [0, 0.1) is 5.82 Å². The van der Waals surface area contributed by atoms with E-state index in [1.807, 2.05) is 30.3 Å². The molecule has 0 aliphatic carbocycles. The molecular formula is C21H20ClFN4O. The zero-order valence-corrected chi connectivity index (χ0v) is 16.2. The molecule has 1 aliphatic heterocycles. The summed E-state index contributed by atoms with van der Waals surface area (Å²) in [6, 6.07) is 7.85. The highest BCUT2D eigenvalue weighted by molar-refractivity contribution is 6.31. The Morgan fingerprint density at radius 1 is 1.21 bits per heavy atom. The number of hydrogen-bond acceptors (Lipinski definition) is 3. The number of pyridine rings is 1. The first kappa shape index (κ1) is 18.6. The highest BCUT2D eigenvalue weighted by Crippen LogP contribution is 2.37. The molecule has 1 fully saturated rings. The van der Waals surface area contributed by atoms with Crippen molar-refractivity contribution in [1.29, 1.82) is 0 Å². The Balaban J connectivity index is 1.72. The number of amides is 1. The fourth-order valence-electron chi connectivity index (χ4n) is 3.76. The second-order valence-corrected chi connectivity index (χ2v) is 7.38. The van der Waals surface area contributed by atoms with E-state index in [1.165, 1.54) is 18.2 Å².